The van der Waals surface area contributed by atoms with Crippen molar-refractivity contribution in [1.29, 1.82) is 0 Å². The average Bonchev–Trinajstić information content (AvgIpc) is 2.87. The molecule has 2 aromatic heterocycles. The Kier molecular flexibility index (Phi) is 3.58. The summed E-state index contributed by atoms with van der Waals surface area (Å²) in [5.74, 6) is 0. The predicted molar refractivity (Wildman–Crippen MR) is 71.2 cm³/mol. The Hall–Kier alpha value is -0.910. The molecule has 0 saturated carbocycles. The van der Waals surface area contributed by atoms with Gasteiger partial charge in [0.1, 0.15) is 0 Å². The van der Waals surface area contributed by atoms with Crippen molar-refractivity contribution < 1.29 is 0 Å². The summed E-state index contributed by atoms with van der Waals surface area (Å²) in [6.45, 7) is 3.51. The highest BCUT2D eigenvalue weighted by Crippen LogP contribution is 2.26. The van der Waals surface area contributed by atoms with Gasteiger partial charge in [-0.05, 0) is 18.4 Å². The van der Waals surface area contributed by atoms with E-state index in [0.717, 1.165) is 17.4 Å². The van der Waals surface area contributed by atoms with Gasteiger partial charge in [0.05, 0.1) is 12.2 Å². The van der Waals surface area contributed by atoms with Crippen molar-refractivity contribution in [2.45, 2.75) is 20.0 Å². The molecule has 2 N–H and O–H groups in total. The van der Waals surface area contributed by atoms with Gasteiger partial charge in [-0.25, -0.2) is 4.98 Å². The minimum Gasteiger partial charge on any atom is -0.346 e. The Labute approximate surface area is 104 Å². The predicted octanol–water partition coefficient (Wildman–Crippen LogP) is 2.61. The molecule has 0 fully saturated rings. The van der Waals surface area contributed by atoms with E-state index < -0.39 is 0 Å². The maximum Gasteiger partial charge on any atom is 0.185 e. The fourth-order valence-electron chi connectivity index (χ4n) is 1.47. The number of nitrogens with two attached hydrogens (primary N) is 1. The lowest BCUT2D eigenvalue weighted by Crippen LogP contribution is -2.15. The van der Waals surface area contributed by atoms with E-state index in [1.807, 2.05) is 6.92 Å². The number of thiophene rings is 1. The fraction of sp³-hybridized carbons (Fsp3) is 0.364. The number of aryl methyl sites for hydroxylation is 1. The molecule has 5 heteroatoms. The van der Waals surface area contributed by atoms with Crippen LogP contribution >= 0.6 is 22.7 Å². The number of aromatic nitrogens is 1. The SMILES string of the molecule is Cc1nc(N(C)Cc2cccs2)sc1CN. The van der Waals surface area contributed by atoms with Gasteiger partial charge >= 0.3 is 0 Å². The summed E-state index contributed by atoms with van der Waals surface area (Å²) >= 11 is 3.46. The third-order valence-corrected chi connectivity index (χ3v) is 4.52. The smallest absolute Gasteiger partial charge is 0.185 e. The first-order chi connectivity index (χ1) is 7.70. The van der Waals surface area contributed by atoms with Crippen LogP contribution in [0.2, 0.25) is 0 Å². The van der Waals surface area contributed by atoms with Crippen LogP contribution in [-0.2, 0) is 13.1 Å². The van der Waals surface area contributed by atoms with Crippen LogP contribution in [0.4, 0.5) is 5.13 Å². The van der Waals surface area contributed by atoms with E-state index in [4.69, 9.17) is 5.73 Å². The largest absolute Gasteiger partial charge is 0.346 e. The molecule has 16 heavy (non-hydrogen) atoms. The van der Waals surface area contributed by atoms with Crippen LogP contribution in [0.25, 0.3) is 0 Å². The summed E-state index contributed by atoms with van der Waals surface area (Å²) in [4.78, 5) is 9.23. The first kappa shape index (κ1) is 11.6. The summed E-state index contributed by atoms with van der Waals surface area (Å²) in [5.41, 5.74) is 6.71. The zero-order valence-corrected chi connectivity index (χ0v) is 11.1. The van der Waals surface area contributed by atoms with Gasteiger partial charge < -0.3 is 10.6 Å². The van der Waals surface area contributed by atoms with Gasteiger partial charge in [0, 0.05) is 23.3 Å². The molecule has 3 nitrogen and oxygen atoms in total. The van der Waals surface area contributed by atoms with Gasteiger partial charge in [0.25, 0.3) is 0 Å². The molecule has 0 unspecified atom stereocenters. The van der Waals surface area contributed by atoms with Gasteiger partial charge in [-0.3, -0.25) is 0 Å². The summed E-state index contributed by atoms with van der Waals surface area (Å²) in [6, 6.07) is 4.22. The van der Waals surface area contributed by atoms with Gasteiger partial charge in [0.15, 0.2) is 5.13 Å². The van der Waals surface area contributed by atoms with Crippen molar-refractivity contribution >= 4 is 27.8 Å². The van der Waals surface area contributed by atoms with Crippen LogP contribution in [0, 0.1) is 6.92 Å². The maximum atomic E-state index is 5.65. The first-order valence-electron chi connectivity index (χ1n) is 5.10. The molecule has 0 spiro atoms. The molecule has 86 valence electrons. The van der Waals surface area contributed by atoms with E-state index in [-0.39, 0.29) is 0 Å². The monoisotopic (exact) mass is 253 g/mol. The van der Waals surface area contributed by atoms with Crippen molar-refractivity contribution in [1.82, 2.24) is 4.98 Å². The molecule has 0 aliphatic carbocycles. The number of thiazole rings is 1. The summed E-state index contributed by atoms with van der Waals surface area (Å²) in [5, 5.41) is 3.15. The molecule has 2 aromatic rings. The third kappa shape index (κ3) is 2.42. The quantitative estimate of drug-likeness (QED) is 0.910. The summed E-state index contributed by atoms with van der Waals surface area (Å²) < 4.78 is 0. The van der Waals surface area contributed by atoms with Gasteiger partial charge in [-0.1, -0.05) is 6.07 Å². The molecular formula is C11H15N3S2. The number of hydrogen-bond acceptors (Lipinski definition) is 5. The molecule has 0 aliphatic heterocycles. The second-order valence-electron chi connectivity index (χ2n) is 3.64. The molecule has 0 aliphatic rings. The molecule has 2 rings (SSSR count). The van der Waals surface area contributed by atoms with Crippen molar-refractivity contribution in [3.63, 3.8) is 0 Å². The minimum absolute atomic E-state index is 0.580. The Morgan fingerprint density at radius 3 is 2.88 bits per heavy atom. The molecule has 0 amide bonds. The van der Waals surface area contributed by atoms with E-state index in [9.17, 15) is 0 Å². The van der Waals surface area contributed by atoms with Crippen LogP contribution in [0.15, 0.2) is 17.5 Å². The lowest BCUT2D eigenvalue weighted by atomic mass is 10.4. The number of anilines is 1. The first-order valence-corrected chi connectivity index (χ1v) is 6.80. The van der Waals surface area contributed by atoms with Crippen LogP contribution in [-0.4, -0.2) is 12.0 Å². The van der Waals surface area contributed by atoms with Gasteiger partial charge in [-0.2, -0.15) is 0 Å². The molecule has 0 atom stereocenters. The lowest BCUT2D eigenvalue weighted by molar-refractivity contribution is 0.925. The molecule has 0 bridgehead atoms. The number of nitrogens with zero attached hydrogens (tertiary/aromatic N) is 2. The molecule has 0 aromatic carbocycles. The Morgan fingerprint density at radius 1 is 1.50 bits per heavy atom. The third-order valence-electron chi connectivity index (χ3n) is 2.37. The minimum atomic E-state index is 0.580. The van der Waals surface area contributed by atoms with Crippen molar-refractivity contribution in [3.05, 3.63) is 33.0 Å². The second-order valence-corrected chi connectivity index (χ2v) is 5.74. The average molecular weight is 253 g/mol. The molecule has 0 saturated heterocycles. The van der Waals surface area contributed by atoms with Crippen LogP contribution in [0.1, 0.15) is 15.4 Å². The maximum absolute atomic E-state index is 5.65. The molecular weight excluding hydrogens is 238 g/mol. The zero-order chi connectivity index (χ0) is 11.5. The summed E-state index contributed by atoms with van der Waals surface area (Å²) in [6.07, 6.45) is 0. The highest BCUT2D eigenvalue weighted by Gasteiger charge is 2.10. The highest BCUT2D eigenvalue weighted by molar-refractivity contribution is 7.15. The summed E-state index contributed by atoms with van der Waals surface area (Å²) in [7, 11) is 2.07. The van der Waals surface area contributed by atoms with E-state index in [0.29, 0.717) is 6.54 Å². The van der Waals surface area contributed by atoms with Crippen LogP contribution < -0.4 is 10.6 Å². The fourth-order valence-corrected chi connectivity index (χ4v) is 3.13. The second kappa shape index (κ2) is 4.95. The van der Waals surface area contributed by atoms with E-state index in [1.54, 1.807) is 22.7 Å². The lowest BCUT2D eigenvalue weighted by Gasteiger charge is -2.13. The van der Waals surface area contributed by atoms with Crippen molar-refractivity contribution in [2.24, 2.45) is 5.73 Å². The zero-order valence-electron chi connectivity index (χ0n) is 9.43. The highest BCUT2D eigenvalue weighted by atomic mass is 32.1. The Balaban J connectivity index is 2.11. The number of hydrogen-bond donors (Lipinski definition) is 1. The van der Waals surface area contributed by atoms with E-state index in [2.05, 4.69) is 34.4 Å². The van der Waals surface area contributed by atoms with E-state index in [1.165, 1.54) is 9.75 Å². The van der Waals surface area contributed by atoms with Crippen molar-refractivity contribution in [2.75, 3.05) is 11.9 Å². The topological polar surface area (TPSA) is 42.2 Å². The number of rotatable bonds is 4. The Bertz CT molecular complexity index is 448. The van der Waals surface area contributed by atoms with Gasteiger partial charge in [0.2, 0.25) is 0 Å². The van der Waals surface area contributed by atoms with E-state index >= 15 is 0 Å². The Morgan fingerprint density at radius 2 is 2.31 bits per heavy atom. The normalized spacial score (nSPS) is 10.7. The van der Waals surface area contributed by atoms with Crippen LogP contribution in [0.5, 0.6) is 0 Å². The molecule has 0 radical (unpaired) electrons. The van der Waals surface area contributed by atoms with Gasteiger partial charge in [-0.15, -0.1) is 22.7 Å². The van der Waals surface area contributed by atoms with Crippen molar-refractivity contribution in [3.8, 4) is 0 Å². The molecule has 2 heterocycles. The standard InChI is InChI=1S/C11H15N3S2/c1-8-10(6-12)16-11(13-8)14(2)7-9-4-3-5-15-9/h3-5H,6-7,12H2,1-2H3. The van der Waals surface area contributed by atoms with Crippen LogP contribution in [0.3, 0.4) is 0 Å².